The third-order valence-corrected chi connectivity index (χ3v) is 6.94. The summed E-state index contributed by atoms with van der Waals surface area (Å²) in [5.41, 5.74) is 8.51. The zero-order valence-corrected chi connectivity index (χ0v) is 21.3. The van der Waals surface area contributed by atoms with Crippen LogP contribution in [0.2, 0.25) is 5.02 Å². The largest absolute Gasteiger partial charge is 0.475 e. The summed E-state index contributed by atoms with van der Waals surface area (Å²) in [5.74, 6) is 0.176. The van der Waals surface area contributed by atoms with E-state index >= 15 is 0 Å². The van der Waals surface area contributed by atoms with Gasteiger partial charge < -0.3 is 20.9 Å². The molecule has 3 aromatic heterocycles. The fraction of sp³-hybridized carbons (Fsp3) is 0.125. The average Bonchev–Trinajstić information content (AvgIpc) is 3.35. The van der Waals surface area contributed by atoms with Crippen LogP contribution in [0.25, 0.3) is 16.0 Å². The number of aromatic nitrogens is 3. The summed E-state index contributed by atoms with van der Waals surface area (Å²) in [5, 5.41) is 24.8. The van der Waals surface area contributed by atoms with Gasteiger partial charge in [-0.2, -0.15) is 5.26 Å². The molecule has 13 heteroatoms. The number of nitriles is 1. The lowest BCUT2D eigenvalue weighted by molar-refractivity contribution is 0.196. The van der Waals surface area contributed by atoms with Crippen molar-refractivity contribution in [1.82, 2.24) is 15.0 Å². The molecule has 0 aliphatic rings. The number of thioether (sulfide) groups is 1. The summed E-state index contributed by atoms with van der Waals surface area (Å²) >= 11 is 8.45. The van der Waals surface area contributed by atoms with Gasteiger partial charge in [0.1, 0.15) is 29.3 Å². The maximum absolute atomic E-state index is 13.4. The fourth-order valence-electron chi connectivity index (χ4n) is 3.21. The molecule has 0 aliphatic heterocycles. The van der Waals surface area contributed by atoms with Gasteiger partial charge in [0.15, 0.2) is 5.13 Å². The number of ether oxygens (including phenoxy) is 1. The van der Waals surface area contributed by atoms with Crippen molar-refractivity contribution >= 4 is 57.0 Å². The zero-order valence-electron chi connectivity index (χ0n) is 18.9. The predicted octanol–water partition coefficient (Wildman–Crippen LogP) is 5.80. The van der Waals surface area contributed by atoms with Gasteiger partial charge in [0, 0.05) is 34.6 Å². The molecule has 0 aliphatic carbocycles. The molecule has 3 heterocycles. The first kappa shape index (κ1) is 26.1. The van der Waals surface area contributed by atoms with Gasteiger partial charge in [0.25, 0.3) is 0 Å². The minimum Gasteiger partial charge on any atom is -0.475 e. The number of halogens is 2. The lowest BCUT2D eigenvalue weighted by Gasteiger charge is -2.13. The molecule has 0 fully saturated rings. The molecule has 4 aromatic rings. The van der Waals surface area contributed by atoms with E-state index in [-0.39, 0.29) is 35.3 Å². The number of nitrogens with two attached hydrogens (primary N) is 1. The molecule has 0 radical (unpaired) electrons. The number of thiazole rings is 1. The number of aliphatic hydroxyl groups is 1. The number of nitrogen functional groups attached to an aromatic ring is 1. The first-order valence-corrected chi connectivity index (χ1v) is 12.8. The van der Waals surface area contributed by atoms with Crippen LogP contribution >= 0.6 is 34.7 Å². The second kappa shape index (κ2) is 11.9. The van der Waals surface area contributed by atoms with Crippen molar-refractivity contribution in [3.05, 3.63) is 75.4 Å². The molecule has 0 bridgehead atoms. The highest BCUT2D eigenvalue weighted by molar-refractivity contribution is 7.98. The first-order valence-electron chi connectivity index (χ1n) is 10.5. The van der Waals surface area contributed by atoms with E-state index in [9.17, 15) is 9.65 Å². The van der Waals surface area contributed by atoms with Crippen molar-refractivity contribution in [3.8, 4) is 23.1 Å². The number of hydrogen-bond donors (Lipinski definition) is 3. The van der Waals surface area contributed by atoms with Crippen LogP contribution in [0.4, 0.5) is 26.7 Å². The lowest BCUT2D eigenvalue weighted by atomic mass is 10.0. The quantitative estimate of drug-likeness (QED) is 0.173. The predicted molar refractivity (Wildman–Crippen MR) is 142 cm³/mol. The van der Waals surface area contributed by atoms with Crippen LogP contribution in [-0.2, 0) is 5.75 Å². The van der Waals surface area contributed by atoms with Crippen molar-refractivity contribution < 1.29 is 14.2 Å². The molecule has 186 valence electrons. The minimum atomic E-state index is -0.506. The second-order valence-electron chi connectivity index (χ2n) is 7.27. The van der Waals surface area contributed by atoms with Crippen molar-refractivity contribution in [2.45, 2.75) is 10.8 Å². The molecule has 0 unspecified atom stereocenters. The Bertz CT molecular complexity index is 1520. The number of anilines is 3. The number of nitrogens with one attached hydrogen (secondary N) is 1. The second-order valence-corrected chi connectivity index (χ2v) is 9.50. The van der Waals surface area contributed by atoms with Crippen LogP contribution in [0.5, 0.6) is 5.88 Å². The minimum absolute atomic E-state index is 0.000860. The number of nitrogens with zero attached hydrogens (tertiary/aromatic N) is 5. The number of benzene rings is 1. The molecule has 1 aromatic carbocycles. The third-order valence-electron chi connectivity index (χ3n) is 4.83. The SMILES string of the molecule is [C-]#[N+]c1c(N)nc(SCc2csc(Nc3ccc(F)c(Cl)c3)n2)c(C#N)c1-c1ccc(OCCO)nc1. The Morgan fingerprint density at radius 1 is 1.32 bits per heavy atom. The monoisotopic (exact) mass is 553 g/mol. The van der Waals surface area contributed by atoms with Crippen LogP contribution in [0.3, 0.4) is 0 Å². The van der Waals surface area contributed by atoms with Crippen LogP contribution in [-0.4, -0.2) is 33.3 Å². The van der Waals surface area contributed by atoms with Gasteiger partial charge in [-0.3, -0.25) is 0 Å². The summed E-state index contributed by atoms with van der Waals surface area (Å²) in [7, 11) is 0. The first-order chi connectivity index (χ1) is 17.9. The molecule has 0 amide bonds. The molecule has 0 saturated carbocycles. The van der Waals surface area contributed by atoms with Crippen molar-refractivity contribution in [2.24, 2.45) is 0 Å². The van der Waals surface area contributed by atoms with E-state index < -0.39 is 5.82 Å². The van der Waals surface area contributed by atoms with E-state index in [1.54, 1.807) is 18.2 Å². The van der Waals surface area contributed by atoms with Gasteiger partial charge in [-0.25, -0.2) is 24.2 Å². The molecular weight excluding hydrogens is 537 g/mol. The van der Waals surface area contributed by atoms with Crippen LogP contribution < -0.4 is 15.8 Å². The Kier molecular flexibility index (Phi) is 8.38. The number of hydrogen-bond acceptors (Lipinski definition) is 10. The van der Waals surface area contributed by atoms with E-state index in [4.69, 9.17) is 33.8 Å². The Labute approximate surface area is 224 Å². The van der Waals surface area contributed by atoms with E-state index in [2.05, 4.69) is 31.2 Å². The van der Waals surface area contributed by atoms with Gasteiger partial charge in [-0.05, 0) is 29.8 Å². The zero-order chi connectivity index (χ0) is 26.4. The Hall–Kier alpha value is -3.94. The Morgan fingerprint density at radius 2 is 2.16 bits per heavy atom. The number of pyridine rings is 2. The highest BCUT2D eigenvalue weighted by Gasteiger charge is 2.21. The standard InChI is InChI=1S/C24H17ClFN7O2S2/c1-29-21-20(13-2-5-19(30-10-13)35-7-6-34)16(9-27)23(33-22(21)28)36-11-15-12-37-24(32-15)31-14-3-4-18(26)17(25)8-14/h2-5,8,10,12,34H,6-7,11H2,(H2,28,33)(H,31,32). The third kappa shape index (κ3) is 6.07. The smallest absolute Gasteiger partial charge is 0.237 e. The van der Waals surface area contributed by atoms with E-state index in [0.717, 1.165) is 5.69 Å². The normalized spacial score (nSPS) is 10.5. The van der Waals surface area contributed by atoms with Crippen molar-refractivity contribution in [3.63, 3.8) is 0 Å². The molecule has 4 N–H and O–H groups in total. The Balaban J connectivity index is 1.57. The average molecular weight is 554 g/mol. The van der Waals surface area contributed by atoms with E-state index in [0.29, 0.717) is 38.6 Å². The van der Waals surface area contributed by atoms with Crippen LogP contribution in [0.1, 0.15) is 11.3 Å². The molecule has 4 rings (SSSR count). The van der Waals surface area contributed by atoms with Crippen molar-refractivity contribution in [1.29, 1.82) is 5.26 Å². The van der Waals surface area contributed by atoms with E-state index in [1.807, 2.05) is 5.38 Å². The summed E-state index contributed by atoms with van der Waals surface area (Å²) < 4.78 is 18.7. The van der Waals surface area contributed by atoms with Gasteiger partial charge in [-0.1, -0.05) is 23.4 Å². The molecule has 37 heavy (non-hydrogen) atoms. The lowest BCUT2D eigenvalue weighted by Crippen LogP contribution is -2.03. The van der Waals surface area contributed by atoms with Gasteiger partial charge >= 0.3 is 0 Å². The van der Waals surface area contributed by atoms with Crippen LogP contribution in [0.15, 0.2) is 46.9 Å². The summed E-state index contributed by atoms with van der Waals surface area (Å²) in [4.78, 5) is 16.5. The molecule has 0 spiro atoms. The van der Waals surface area contributed by atoms with Crippen molar-refractivity contribution in [2.75, 3.05) is 24.3 Å². The highest BCUT2D eigenvalue weighted by atomic mass is 35.5. The Morgan fingerprint density at radius 3 is 2.84 bits per heavy atom. The van der Waals surface area contributed by atoms with Gasteiger partial charge in [-0.15, -0.1) is 11.3 Å². The molecule has 0 atom stereocenters. The highest BCUT2D eigenvalue weighted by Crippen LogP contribution is 2.42. The molecular formula is C24H17ClFN7O2S2. The summed E-state index contributed by atoms with van der Waals surface area (Å²) in [6.45, 7) is 7.52. The van der Waals surface area contributed by atoms with Gasteiger partial charge in [0.2, 0.25) is 11.6 Å². The molecule has 9 nitrogen and oxygen atoms in total. The summed E-state index contributed by atoms with van der Waals surface area (Å²) in [6.07, 6.45) is 1.48. The number of aliphatic hydroxyl groups excluding tert-OH is 1. The maximum atomic E-state index is 13.4. The maximum Gasteiger partial charge on any atom is 0.237 e. The summed E-state index contributed by atoms with van der Waals surface area (Å²) in [6, 6.07) is 9.70. The number of rotatable bonds is 9. The molecule has 0 saturated heterocycles. The van der Waals surface area contributed by atoms with E-state index in [1.165, 1.54) is 41.4 Å². The van der Waals surface area contributed by atoms with Crippen LogP contribution in [0, 0.1) is 23.7 Å². The fourth-order valence-corrected chi connectivity index (χ4v) is 5.11. The topological polar surface area (TPSA) is 134 Å². The van der Waals surface area contributed by atoms with Gasteiger partial charge in [0.05, 0.1) is 29.5 Å².